The van der Waals surface area contributed by atoms with Gasteiger partial charge in [-0.2, -0.15) is 0 Å². The minimum atomic E-state index is 0.281. The van der Waals surface area contributed by atoms with Crippen LogP contribution in [-0.2, 0) is 0 Å². The number of fused-ring (bicyclic) bond motifs is 1. The Kier molecular flexibility index (Phi) is 3.25. The fourth-order valence-electron chi connectivity index (χ4n) is 2.77. The fraction of sp³-hybridized carbons (Fsp3) is 0.400. The van der Waals surface area contributed by atoms with Crippen molar-refractivity contribution in [2.45, 2.75) is 12.8 Å². The number of aliphatic hydroxyl groups excluding tert-OH is 1. The zero-order chi connectivity index (χ0) is 13.2. The molecule has 1 aliphatic rings. The van der Waals surface area contributed by atoms with Gasteiger partial charge in [-0.05, 0) is 49.1 Å². The third-order valence-corrected chi connectivity index (χ3v) is 3.85. The molecule has 1 unspecified atom stereocenters. The first-order valence-electron chi connectivity index (χ1n) is 6.78. The largest absolute Gasteiger partial charge is 0.399 e. The molecule has 3 N–H and O–H groups in total. The number of anilines is 2. The van der Waals surface area contributed by atoms with Crippen LogP contribution in [0.5, 0.6) is 0 Å². The van der Waals surface area contributed by atoms with Gasteiger partial charge in [-0.3, -0.25) is 0 Å². The predicted octanol–water partition coefficient (Wildman–Crippen LogP) is 2.03. The molecule has 1 aromatic heterocycles. The molecule has 19 heavy (non-hydrogen) atoms. The van der Waals surface area contributed by atoms with Crippen LogP contribution in [0.1, 0.15) is 12.8 Å². The molecule has 1 aliphatic heterocycles. The van der Waals surface area contributed by atoms with Gasteiger partial charge in [0.15, 0.2) is 0 Å². The first-order chi connectivity index (χ1) is 9.26. The highest BCUT2D eigenvalue weighted by molar-refractivity contribution is 5.83. The molecular formula is C15H19N3O. The van der Waals surface area contributed by atoms with E-state index >= 15 is 0 Å². The summed E-state index contributed by atoms with van der Waals surface area (Å²) in [5.74, 6) is 1.62. The quantitative estimate of drug-likeness (QED) is 0.826. The summed E-state index contributed by atoms with van der Waals surface area (Å²) in [7, 11) is 0. The number of aromatic nitrogens is 1. The Labute approximate surface area is 112 Å². The predicted molar refractivity (Wildman–Crippen MR) is 78.2 cm³/mol. The molecule has 0 saturated carbocycles. The monoisotopic (exact) mass is 257 g/mol. The summed E-state index contributed by atoms with van der Waals surface area (Å²) in [5, 5.41) is 10.1. The van der Waals surface area contributed by atoms with Crippen molar-refractivity contribution in [1.29, 1.82) is 0 Å². The maximum Gasteiger partial charge on any atom is 0.129 e. The van der Waals surface area contributed by atoms with Gasteiger partial charge < -0.3 is 15.7 Å². The summed E-state index contributed by atoms with van der Waals surface area (Å²) in [6.07, 6.45) is 2.03. The molecular weight excluding hydrogens is 238 g/mol. The number of pyridine rings is 1. The first-order valence-corrected chi connectivity index (χ1v) is 6.78. The van der Waals surface area contributed by atoms with E-state index in [9.17, 15) is 0 Å². The molecule has 1 atom stereocenters. The molecule has 4 heteroatoms. The van der Waals surface area contributed by atoms with Crippen LogP contribution >= 0.6 is 0 Å². The fourth-order valence-corrected chi connectivity index (χ4v) is 2.77. The molecule has 1 aromatic carbocycles. The van der Waals surface area contributed by atoms with Crippen LogP contribution in [-0.4, -0.2) is 29.8 Å². The lowest BCUT2D eigenvalue weighted by atomic mass is 10.1. The molecule has 0 amide bonds. The highest BCUT2D eigenvalue weighted by atomic mass is 16.3. The van der Waals surface area contributed by atoms with Crippen molar-refractivity contribution in [3.63, 3.8) is 0 Å². The number of nitrogens with zero attached hydrogens (tertiary/aromatic N) is 2. The molecule has 2 aromatic rings. The van der Waals surface area contributed by atoms with Crippen molar-refractivity contribution in [2.75, 3.05) is 30.3 Å². The van der Waals surface area contributed by atoms with Gasteiger partial charge in [0.05, 0.1) is 5.52 Å². The zero-order valence-electron chi connectivity index (χ0n) is 10.9. The van der Waals surface area contributed by atoms with Crippen LogP contribution in [0.4, 0.5) is 11.5 Å². The van der Waals surface area contributed by atoms with Gasteiger partial charge in [0.25, 0.3) is 0 Å². The normalized spacial score (nSPS) is 19.2. The number of hydrogen-bond donors (Lipinski definition) is 2. The smallest absolute Gasteiger partial charge is 0.129 e. The summed E-state index contributed by atoms with van der Waals surface area (Å²) in [4.78, 5) is 7.00. The van der Waals surface area contributed by atoms with E-state index in [0.29, 0.717) is 5.92 Å². The summed E-state index contributed by atoms with van der Waals surface area (Å²) >= 11 is 0. The van der Waals surface area contributed by atoms with Gasteiger partial charge in [-0.25, -0.2) is 4.98 Å². The van der Waals surface area contributed by atoms with E-state index in [1.54, 1.807) is 0 Å². The number of rotatable bonds is 3. The van der Waals surface area contributed by atoms with Crippen LogP contribution < -0.4 is 10.6 Å². The SMILES string of the molecule is Nc1ccc2nc(N3CCC(CCO)C3)ccc2c1. The Morgan fingerprint density at radius 1 is 1.32 bits per heavy atom. The summed E-state index contributed by atoms with van der Waals surface area (Å²) in [5.41, 5.74) is 7.53. The Morgan fingerprint density at radius 3 is 3.05 bits per heavy atom. The Balaban J connectivity index is 1.84. The Morgan fingerprint density at radius 2 is 2.21 bits per heavy atom. The second kappa shape index (κ2) is 5.05. The van der Waals surface area contributed by atoms with Gasteiger partial charge in [0.2, 0.25) is 0 Å². The number of benzene rings is 1. The van der Waals surface area contributed by atoms with Crippen molar-refractivity contribution >= 4 is 22.4 Å². The third kappa shape index (κ3) is 2.49. The maximum atomic E-state index is 9.00. The Bertz CT molecular complexity index is 585. The van der Waals surface area contributed by atoms with E-state index in [0.717, 1.165) is 48.3 Å². The van der Waals surface area contributed by atoms with Crippen LogP contribution in [0.2, 0.25) is 0 Å². The molecule has 1 saturated heterocycles. The van der Waals surface area contributed by atoms with E-state index in [4.69, 9.17) is 15.8 Å². The first kappa shape index (κ1) is 12.2. The van der Waals surface area contributed by atoms with Crippen LogP contribution in [0, 0.1) is 5.92 Å². The van der Waals surface area contributed by atoms with Gasteiger partial charge >= 0.3 is 0 Å². The second-order valence-corrected chi connectivity index (χ2v) is 5.23. The number of nitrogen functional groups attached to an aromatic ring is 1. The molecule has 0 radical (unpaired) electrons. The Hall–Kier alpha value is -1.81. The number of hydrogen-bond acceptors (Lipinski definition) is 4. The molecule has 2 heterocycles. The van der Waals surface area contributed by atoms with Gasteiger partial charge in [-0.1, -0.05) is 0 Å². The molecule has 100 valence electrons. The topological polar surface area (TPSA) is 62.4 Å². The average molecular weight is 257 g/mol. The van der Waals surface area contributed by atoms with Gasteiger partial charge in [0.1, 0.15) is 5.82 Å². The van der Waals surface area contributed by atoms with Crippen LogP contribution in [0.3, 0.4) is 0 Å². The summed E-state index contributed by atoms with van der Waals surface area (Å²) < 4.78 is 0. The molecule has 0 aliphatic carbocycles. The molecule has 0 bridgehead atoms. The standard InChI is InChI=1S/C15H19N3O/c16-13-2-3-14-12(9-13)1-4-15(17-14)18-7-5-11(10-18)6-8-19/h1-4,9,11,19H,5-8,10,16H2. The number of aliphatic hydroxyl groups is 1. The highest BCUT2D eigenvalue weighted by Gasteiger charge is 2.22. The highest BCUT2D eigenvalue weighted by Crippen LogP contribution is 2.26. The lowest BCUT2D eigenvalue weighted by molar-refractivity contribution is 0.263. The molecule has 1 fully saturated rings. The summed E-state index contributed by atoms with van der Waals surface area (Å²) in [6, 6.07) is 9.94. The van der Waals surface area contributed by atoms with Gasteiger partial charge in [0, 0.05) is 30.8 Å². The van der Waals surface area contributed by atoms with Crippen molar-refractivity contribution in [3.05, 3.63) is 30.3 Å². The zero-order valence-corrected chi connectivity index (χ0v) is 10.9. The minimum absolute atomic E-state index is 0.281. The molecule has 0 spiro atoms. The summed E-state index contributed by atoms with van der Waals surface area (Å²) in [6.45, 7) is 2.30. The minimum Gasteiger partial charge on any atom is -0.399 e. The lowest BCUT2D eigenvalue weighted by Crippen LogP contribution is -2.20. The van der Waals surface area contributed by atoms with E-state index < -0.39 is 0 Å². The lowest BCUT2D eigenvalue weighted by Gasteiger charge is -2.18. The maximum absolute atomic E-state index is 9.00. The van der Waals surface area contributed by atoms with Crippen molar-refractivity contribution in [3.8, 4) is 0 Å². The van der Waals surface area contributed by atoms with Crippen molar-refractivity contribution in [1.82, 2.24) is 4.98 Å². The van der Waals surface area contributed by atoms with E-state index in [2.05, 4.69) is 17.0 Å². The van der Waals surface area contributed by atoms with E-state index in [1.807, 2.05) is 18.2 Å². The molecule has 3 rings (SSSR count). The van der Waals surface area contributed by atoms with Gasteiger partial charge in [-0.15, -0.1) is 0 Å². The van der Waals surface area contributed by atoms with Crippen molar-refractivity contribution < 1.29 is 5.11 Å². The number of nitrogens with two attached hydrogens (primary N) is 1. The second-order valence-electron chi connectivity index (χ2n) is 5.23. The average Bonchev–Trinajstić information content (AvgIpc) is 2.87. The third-order valence-electron chi connectivity index (χ3n) is 3.85. The van der Waals surface area contributed by atoms with Crippen LogP contribution in [0.15, 0.2) is 30.3 Å². The van der Waals surface area contributed by atoms with E-state index in [1.165, 1.54) is 0 Å². The molecule has 4 nitrogen and oxygen atoms in total. The van der Waals surface area contributed by atoms with E-state index in [-0.39, 0.29) is 6.61 Å². The van der Waals surface area contributed by atoms with Crippen molar-refractivity contribution in [2.24, 2.45) is 5.92 Å². The van der Waals surface area contributed by atoms with Crippen LogP contribution in [0.25, 0.3) is 10.9 Å².